The van der Waals surface area contributed by atoms with Crippen LogP contribution in [0.1, 0.15) is 81.3 Å². The van der Waals surface area contributed by atoms with E-state index in [1.807, 2.05) is 31.3 Å². The van der Waals surface area contributed by atoms with Crippen LogP contribution >= 0.6 is 11.3 Å². The van der Waals surface area contributed by atoms with E-state index in [1.54, 1.807) is 18.2 Å². The minimum Gasteiger partial charge on any atom is -0.491 e. The Balaban J connectivity index is 0.916. The summed E-state index contributed by atoms with van der Waals surface area (Å²) in [6.45, 7) is 3.35. The molecular weight excluding hydrogens is 660 g/mol. The van der Waals surface area contributed by atoms with Gasteiger partial charge in [0.2, 0.25) is 17.7 Å². The first kappa shape index (κ1) is 35.2. The standard InChI is InChI=1S/C36H42N6O7S/c1-21-32(23-9-11-24(37-2)12-10-23)41-36(50-21)40-30(44)20-22-5-3-6-25(19-22)49-18-17-48-16-15-38-27-8-4-7-26-31(27)35(47)42(34(26)46)28-13-14-29(43)39-33(28)45/h3-8,19,23-24,28,37-38H,9-18,20H2,1-2H3,(H,39,43,45)(H,40,41,44). The van der Waals surface area contributed by atoms with Gasteiger partial charge in [0.05, 0.1) is 36.5 Å². The van der Waals surface area contributed by atoms with Gasteiger partial charge in [0.25, 0.3) is 11.8 Å². The Labute approximate surface area is 294 Å². The lowest BCUT2D eigenvalue weighted by atomic mass is 9.84. The Morgan fingerprint density at radius 2 is 1.80 bits per heavy atom. The Bertz CT molecular complexity index is 1770. The number of rotatable bonds is 14. The summed E-state index contributed by atoms with van der Waals surface area (Å²) < 4.78 is 11.6. The van der Waals surface area contributed by atoms with Gasteiger partial charge in [-0.2, -0.15) is 0 Å². The van der Waals surface area contributed by atoms with Gasteiger partial charge in [-0.1, -0.05) is 18.2 Å². The van der Waals surface area contributed by atoms with E-state index >= 15 is 0 Å². The van der Waals surface area contributed by atoms with Gasteiger partial charge in [-0.15, -0.1) is 11.3 Å². The van der Waals surface area contributed by atoms with Crippen molar-refractivity contribution in [3.8, 4) is 5.75 Å². The van der Waals surface area contributed by atoms with Crippen LogP contribution in [0.4, 0.5) is 10.8 Å². The largest absolute Gasteiger partial charge is 0.491 e. The molecule has 1 saturated carbocycles. The number of nitrogens with zero attached hydrogens (tertiary/aromatic N) is 2. The first-order chi connectivity index (χ1) is 24.2. The zero-order chi connectivity index (χ0) is 35.2. The zero-order valence-corrected chi connectivity index (χ0v) is 29.0. The van der Waals surface area contributed by atoms with Crippen LogP contribution in [0.5, 0.6) is 5.75 Å². The number of anilines is 2. The number of carbonyl (C=O) groups excluding carboxylic acids is 5. The van der Waals surface area contributed by atoms with Gasteiger partial charge in [0.15, 0.2) is 5.13 Å². The third-order valence-electron chi connectivity index (χ3n) is 9.39. The van der Waals surface area contributed by atoms with E-state index in [0.717, 1.165) is 46.7 Å². The second-order valence-corrected chi connectivity index (χ2v) is 13.9. The summed E-state index contributed by atoms with van der Waals surface area (Å²) in [5, 5.41) is 12.3. The van der Waals surface area contributed by atoms with Crippen molar-refractivity contribution >= 4 is 51.7 Å². The predicted octanol–water partition coefficient (Wildman–Crippen LogP) is 3.79. The third kappa shape index (κ3) is 8.03. The quantitative estimate of drug-likeness (QED) is 0.143. The number of benzene rings is 2. The van der Waals surface area contributed by atoms with E-state index in [2.05, 4.69) is 28.2 Å². The first-order valence-corrected chi connectivity index (χ1v) is 17.9. The summed E-state index contributed by atoms with van der Waals surface area (Å²) >= 11 is 1.53. The van der Waals surface area contributed by atoms with Crippen LogP contribution in [0.3, 0.4) is 0 Å². The maximum atomic E-state index is 13.2. The van der Waals surface area contributed by atoms with Gasteiger partial charge < -0.3 is 25.4 Å². The fourth-order valence-electron chi connectivity index (χ4n) is 6.83. The number of thiazole rings is 1. The fourth-order valence-corrected chi connectivity index (χ4v) is 7.75. The van der Waals surface area contributed by atoms with E-state index in [0.29, 0.717) is 54.9 Å². The minimum atomic E-state index is -1.02. The van der Waals surface area contributed by atoms with Crippen molar-refractivity contribution in [1.29, 1.82) is 0 Å². The van der Waals surface area contributed by atoms with Crippen molar-refractivity contribution in [2.45, 2.75) is 69.9 Å². The molecule has 2 aliphatic heterocycles. The molecule has 2 fully saturated rings. The van der Waals surface area contributed by atoms with Crippen molar-refractivity contribution in [2.75, 3.05) is 44.0 Å². The van der Waals surface area contributed by atoms with E-state index in [4.69, 9.17) is 14.5 Å². The number of imide groups is 2. The van der Waals surface area contributed by atoms with Gasteiger partial charge >= 0.3 is 0 Å². The maximum absolute atomic E-state index is 13.2. The van der Waals surface area contributed by atoms with Crippen LogP contribution in [0.15, 0.2) is 42.5 Å². The number of hydrogen-bond acceptors (Lipinski definition) is 11. The van der Waals surface area contributed by atoms with Crippen LogP contribution in [-0.4, -0.2) is 84.9 Å². The molecule has 0 bridgehead atoms. The average Bonchev–Trinajstić information content (AvgIpc) is 3.59. The van der Waals surface area contributed by atoms with E-state index < -0.39 is 29.7 Å². The molecule has 14 heteroatoms. The van der Waals surface area contributed by atoms with Crippen molar-refractivity contribution in [3.05, 3.63) is 69.7 Å². The van der Waals surface area contributed by atoms with Crippen molar-refractivity contribution in [3.63, 3.8) is 0 Å². The number of piperidine rings is 1. The molecule has 1 unspecified atom stereocenters. The molecule has 264 valence electrons. The third-order valence-corrected chi connectivity index (χ3v) is 10.3. The zero-order valence-electron chi connectivity index (χ0n) is 28.2. The van der Waals surface area contributed by atoms with E-state index in [1.165, 1.54) is 11.3 Å². The molecule has 3 aromatic rings. The summed E-state index contributed by atoms with van der Waals surface area (Å²) in [7, 11) is 2.02. The number of fused-ring (bicyclic) bond motifs is 1. The lowest BCUT2D eigenvalue weighted by Crippen LogP contribution is -2.54. The molecule has 6 rings (SSSR count). The highest BCUT2D eigenvalue weighted by Crippen LogP contribution is 2.37. The maximum Gasteiger partial charge on any atom is 0.264 e. The van der Waals surface area contributed by atoms with Crippen molar-refractivity contribution in [2.24, 2.45) is 0 Å². The highest BCUT2D eigenvalue weighted by Gasteiger charge is 2.45. The van der Waals surface area contributed by atoms with Gasteiger partial charge in [-0.05, 0) is 75.9 Å². The Kier molecular flexibility index (Phi) is 11.2. The summed E-state index contributed by atoms with van der Waals surface area (Å²) in [6, 6.07) is 11.9. The van der Waals surface area contributed by atoms with Crippen LogP contribution in [0.2, 0.25) is 0 Å². The SMILES string of the molecule is CNC1CCC(c2nc(NC(=O)Cc3cccc(OCCOCCNc4cccc5c4C(=O)N(C4CCC(=O)NC4=O)C5=O)c3)sc2C)CC1. The monoisotopic (exact) mass is 702 g/mol. The minimum absolute atomic E-state index is 0.0610. The number of carbonyl (C=O) groups is 5. The van der Waals surface area contributed by atoms with Gasteiger partial charge in [-0.25, -0.2) is 4.98 Å². The molecule has 1 aliphatic carbocycles. The molecule has 0 spiro atoms. The molecule has 5 amide bonds. The van der Waals surface area contributed by atoms with Crippen molar-refractivity contribution in [1.82, 2.24) is 20.5 Å². The number of hydrogen-bond donors (Lipinski definition) is 4. The molecule has 13 nitrogen and oxygen atoms in total. The predicted molar refractivity (Wildman–Crippen MR) is 188 cm³/mol. The summed E-state index contributed by atoms with van der Waals surface area (Å²) in [5.74, 6) is -1.24. The smallest absolute Gasteiger partial charge is 0.264 e. The molecule has 1 atom stereocenters. The highest BCUT2D eigenvalue weighted by atomic mass is 32.1. The second-order valence-electron chi connectivity index (χ2n) is 12.7. The molecule has 1 aromatic heterocycles. The molecule has 2 aromatic carbocycles. The molecule has 3 aliphatic rings. The Morgan fingerprint density at radius 1 is 1.00 bits per heavy atom. The molecule has 0 radical (unpaired) electrons. The van der Waals surface area contributed by atoms with Gasteiger partial charge in [0, 0.05) is 35.5 Å². The highest BCUT2D eigenvalue weighted by molar-refractivity contribution is 7.15. The fraction of sp³-hybridized carbons (Fsp3) is 0.444. The average molecular weight is 703 g/mol. The number of ether oxygens (including phenoxy) is 2. The van der Waals surface area contributed by atoms with Gasteiger partial charge in [0.1, 0.15) is 18.4 Å². The number of aromatic nitrogens is 1. The van der Waals surface area contributed by atoms with Crippen molar-refractivity contribution < 1.29 is 33.4 Å². The molecular formula is C36H42N6O7S. The molecule has 1 saturated heterocycles. The van der Waals surface area contributed by atoms with Crippen LogP contribution in [0.25, 0.3) is 0 Å². The Hall–Kier alpha value is -4.66. The summed E-state index contributed by atoms with van der Waals surface area (Å²) in [4.78, 5) is 69.9. The van der Waals surface area contributed by atoms with E-state index in [9.17, 15) is 24.0 Å². The van der Waals surface area contributed by atoms with Crippen LogP contribution in [0, 0.1) is 6.92 Å². The second kappa shape index (κ2) is 15.9. The summed E-state index contributed by atoms with van der Waals surface area (Å²) in [5.41, 5.74) is 2.82. The molecule has 50 heavy (non-hydrogen) atoms. The molecule has 4 N–H and O–H groups in total. The topological polar surface area (TPSA) is 168 Å². The lowest BCUT2D eigenvalue weighted by molar-refractivity contribution is -0.136. The van der Waals surface area contributed by atoms with Gasteiger partial charge in [-0.3, -0.25) is 34.2 Å². The Morgan fingerprint density at radius 3 is 2.58 bits per heavy atom. The normalized spacial score (nSPS) is 20.4. The first-order valence-electron chi connectivity index (χ1n) is 17.0. The van der Waals surface area contributed by atoms with Crippen LogP contribution in [-0.2, 0) is 25.5 Å². The lowest BCUT2D eigenvalue weighted by Gasteiger charge is -2.27. The summed E-state index contributed by atoms with van der Waals surface area (Å²) in [6.07, 6.45) is 4.84. The number of nitrogens with one attached hydrogen (secondary N) is 4. The molecule has 3 heterocycles. The number of amides is 5. The van der Waals surface area contributed by atoms with E-state index in [-0.39, 0.29) is 36.3 Å². The number of aryl methyl sites for hydroxylation is 1. The van der Waals surface area contributed by atoms with Crippen LogP contribution < -0.4 is 26.0 Å².